The number of fused-ring (bicyclic) bond motifs is 4. The highest BCUT2D eigenvalue weighted by Crippen LogP contribution is 2.25. The Balaban J connectivity index is 2.29. The lowest BCUT2D eigenvalue weighted by Gasteiger charge is -2.04. The molecule has 0 radical (unpaired) electrons. The van der Waals surface area contributed by atoms with E-state index in [-0.39, 0.29) is 5.43 Å². The van der Waals surface area contributed by atoms with Crippen molar-refractivity contribution in [2.45, 2.75) is 0 Å². The summed E-state index contributed by atoms with van der Waals surface area (Å²) in [6, 6.07) is 14.7. The third-order valence-electron chi connectivity index (χ3n) is 3.32. The molecule has 0 spiro atoms. The molecule has 0 aliphatic heterocycles. The number of rotatable bonds is 0. The smallest absolute Gasteiger partial charge is 0.188 e. The molecule has 0 fully saturated rings. The van der Waals surface area contributed by atoms with Gasteiger partial charge in [-0.3, -0.25) is 4.79 Å². The van der Waals surface area contributed by atoms with E-state index in [4.69, 9.17) is 4.42 Å². The summed E-state index contributed by atoms with van der Waals surface area (Å²) < 4.78 is 5.45. The Labute approximate surface area is 108 Å². The highest BCUT2D eigenvalue weighted by Gasteiger charge is 2.06. The highest BCUT2D eigenvalue weighted by atomic mass is 16.3. The van der Waals surface area contributed by atoms with Crippen LogP contribution in [0.3, 0.4) is 0 Å². The minimum absolute atomic E-state index is 0.00439. The van der Waals surface area contributed by atoms with Gasteiger partial charge < -0.3 is 4.42 Å². The molecule has 19 heavy (non-hydrogen) atoms. The molecular weight excluding hydrogens is 238 g/mol. The molecule has 0 atom stereocenters. The van der Waals surface area contributed by atoms with E-state index in [1.165, 1.54) is 0 Å². The van der Waals surface area contributed by atoms with E-state index in [0.717, 1.165) is 27.4 Å². The Hall–Kier alpha value is -2.68. The number of aromatic nitrogens is 1. The van der Waals surface area contributed by atoms with Gasteiger partial charge in [0.25, 0.3) is 0 Å². The number of hydrogen-bond donors (Lipinski definition) is 0. The molecule has 3 heteroatoms. The molecule has 0 aliphatic carbocycles. The normalized spacial score (nSPS) is 11.4. The molecule has 4 rings (SSSR count). The van der Waals surface area contributed by atoms with Crippen molar-refractivity contribution in [1.82, 2.24) is 4.98 Å². The molecule has 2 aromatic heterocycles. The minimum Gasteiger partial charge on any atom is -0.464 e. The van der Waals surface area contributed by atoms with E-state index in [2.05, 4.69) is 4.98 Å². The average Bonchev–Trinajstić information content (AvgIpc) is 2.46. The molecule has 0 saturated carbocycles. The monoisotopic (exact) mass is 247 g/mol. The molecule has 0 aliphatic rings. The first-order valence-electron chi connectivity index (χ1n) is 6.03. The summed E-state index contributed by atoms with van der Waals surface area (Å²) in [5, 5.41) is 2.56. The third-order valence-corrected chi connectivity index (χ3v) is 3.32. The standard InChI is InChI=1S/C16H9NO2/c18-14-5-1-4-13-12(14)9-10-6-7-15-11(16(10)17-13)3-2-8-19-15/h1-9H. The molecule has 0 N–H and O–H groups in total. The Morgan fingerprint density at radius 3 is 2.84 bits per heavy atom. The van der Waals surface area contributed by atoms with Crippen molar-refractivity contribution >= 4 is 32.8 Å². The van der Waals surface area contributed by atoms with Crippen LogP contribution in [-0.2, 0) is 0 Å². The SMILES string of the molecule is O=c1cccc2nc3c(ccc4occcc43)cc12. The maximum Gasteiger partial charge on any atom is 0.188 e. The van der Waals surface area contributed by atoms with Gasteiger partial charge in [0.05, 0.1) is 17.3 Å². The van der Waals surface area contributed by atoms with Crippen molar-refractivity contribution in [3.8, 4) is 0 Å². The molecule has 2 heterocycles. The van der Waals surface area contributed by atoms with Crippen molar-refractivity contribution in [2.24, 2.45) is 0 Å². The fourth-order valence-electron chi connectivity index (χ4n) is 2.41. The number of pyridine rings is 1. The van der Waals surface area contributed by atoms with Crippen molar-refractivity contribution in [3.63, 3.8) is 0 Å². The molecule has 0 unspecified atom stereocenters. The van der Waals surface area contributed by atoms with Crippen LogP contribution in [0.4, 0.5) is 0 Å². The second-order valence-corrected chi connectivity index (χ2v) is 4.47. The van der Waals surface area contributed by atoms with Crippen LogP contribution in [0.5, 0.6) is 0 Å². The fraction of sp³-hybridized carbons (Fsp3) is 0. The maximum atomic E-state index is 11.8. The third kappa shape index (κ3) is 1.45. The molecular formula is C16H9NO2. The molecule has 3 nitrogen and oxygen atoms in total. The highest BCUT2D eigenvalue weighted by molar-refractivity contribution is 6.06. The predicted octanol–water partition coefficient (Wildman–Crippen LogP) is 3.49. The van der Waals surface area contributed by atoms with Gasteiger partial charge >= 0.3 is 0 Å². The van der Waals surface area contributed by atoms with Crippen LogP contribution < -0.4 is 5.43 Å². The number of benzene rings is 2. The van der Waals surface area contributed by atoms with Gasteiger partial charge in [0.15, 0.2) is 5.43 Å². The second kappa shape index (κ2) is 3.65. The van der Waals surface area contributed by atoms with Gasteiger partial charge in [0.2, 0.25) is 0 Å². The van der Waals surface area contributed by atoms with Crippen molar-refractivity contribution in [2.75, 3.05) is 0 Å². The zero-order chi connectivity index (χ0) is 12.8. The van der Waals surface area contributed by atoms with Gasteiger partial charge in [0, 0.05) is 16.2 Å². The van der Waals surface area contributed by atoms with E-state index in [1.807, 2.05) is 36.4 Å². The van der Waals surface area contributed by atoms with Crippen molar-refractivity contribution in [3.05, 3.63) is 65.0 Å². The molecule has 0 amide bonds. The predicted molar refractivity (Wildman–Crippen MR) is 75.3 cm³/mol. The quantitative estimate of drug-likeness (QED) is 0.353. The Morgan fingerprint density at radius 2 is 1.89 bits per heavy atom. The summed E-state index contributed by atoms with van der Waals surface area (Å²) in [5.74, 6) is 0. The van der Waals surface area contributed by atoms with Gasteiger partial charge in [0.1, 0.15) is 5.58 Å². The van der Waals surface area contributed by atoms with E-state index in [9.17, 15) is 4.79 Å². The molecule has 0 saturated heterocycles. The molecule has 0 bridgehead atoms. The Morgan fingerprint density at radius 1 is 0.947 bits per heavy atom. The molecule has 2 aromatic carbocycles. The van der Waals surface area contributed by atoms with Gasteiger partial charge in [-0.25, -0.2) is 4.98 Å². The minimum atomic E-state index is 0.00439. The zero-order valence-electron chi connectivity index (χ0n) is 9.96. The zero-order valence-corrected chi connectivity index (χ0v) is 9.96. The average molecular weight is 247 g/mol. The first-order valence-corrected chi connectivity index (χ1v) is 6.03. The van der Waals surface area contributed by atoms with Gasteiger partial charge in [-0.2, -0.15) is 0 Å². The first kappa shape index (κ1) is 10.3. The summed E-state index contributed by atoms with van der Waals surface area (Å²) in [4.78, 5) is 16.4. The van der Waals surface area contributed by atoms with E-state index >= 15 is 0 Å². The lowest BCUT2D eigenvalue weighted by molar-refractivity contribution is 0.604. The largest absolute Gasteiger partial charge is 0.464 e. The summed E-state index contributed by atoms with van der Waals surface area (Å²) >= 11 is 0. The first-order chi connectivity index (χ1) is 9.33. The van der Waals surface area contributed by atoms with Crippen LogP contribution in [0.15, 0.2) is 64.0 Å². The summed E-state index contributed by atoms with van der Waals surface area (Å²) in [6.45, 7) is 0. The topological polar surface area (TPSA) is 43.1 Å². The lowest BCUT2D eigenvalue weighted by Crippen LogP contribution is -1.99. The van der Waals surface area contributed by atoms with Crippen LogP contribution in [-0.4, -0.2) is 4.98 Å². The Kier molecular flexibility index (Phi) is 1.97. The van der Waals surface area contributed by atoms with E-state index in [1.54, 1.807) is 18.4 Å². The molecule has 90 valence electrons. The second-order valence-electron chi connectivity index (χ2n) is 4.47. The van der Waals surface area contributed by atoms with Crippen LogP contribution >= 0.6 is 0 Å². The van der Waals surface area contributed by atoms with E-state index < -0.39 is 0 Å². The van der Waals surface area contributed by atoms with Gasteiger partial charge in [-0.05, 0) is 42.5 Å². The molecule has 4 aromatic rings. The van der Waals surface area contributed by atoms with Crippen molar-refractivity contribution in [1.29, 1.82) is 0 Å². The van der Waals surface area contributed by atoms with Gasteiger partial charge in [-0.1, -0.05) is 6.07 Å². The van der Waals surface area contributed by atoms with Crippen molar-refractivity contribution < 1.29 is 4.42 Å². The van der Waals surface area contributed by atoms with Crippen LogP contribution in [0.1, 0.15) is 0 Å². The Bertz CT molecular complexity index is 986. The van der Waals surface area contributed by atoms with Crippen LogP contribution in [0.25, 0.3) is 32.8 Å². The number of hydrogen-bond acceptors (Lipinski definition) is 3. The van der Waals surface area contributed by atoms with Crippen LogP contribution in [0.2, 0.25) is 0 Å². The summed E-state index contributed by atoms with van der Waals surface area (Å²) in [5.41, 5.74) is 2.38. The maximum absolute atomic E-state index is 11.8. The van der Waals surface area contributed by atoms with Crippen LogP contribution in [0, 0.1) is 0 Å². The summed E-state index contributed by atoms with van der Waals surface area (Å²) in [7, 11) is 0. The van der Waals surface area contributed by atoms with Gasteiger partial charge in [-0.15, -0.1) is 0 Å². The summed E-state index contributed by atoms with van der Waals surface area (Å²) in [6.07, 6.45) is 1.64. The van der Waals surface area contributed by atoms with E-state index in [0.29, 0.717) is 5.39 Å². The number of nitrogens with zero attached hydrogens (tertiary/aromatic N) is 1. The fourth-order valence-corrected chi connectivity index (χ4v) is 2.41. The lowest BCUT2D eigenvalue weighted by atomic mass is 10.1.